The Morgan fingerprint density at radius 3 is 2.70 bits per heavy atom. The van der Waals surface area contributed by atoms with Gasteiger partial charge in [-0.05, 0) is 31.9 Å². The summed E-state index contributed by atoms with van der Waals surface area (Å²) in [5, 5.41) is 12.4. The van der Waals surface area contributed by atoms with Crippen LogP contribution in [0.3, 0.4) is 0 Å². The van der Waals surface area contributed by atoms with E-state index in [0.29, 0.717) is 29.4 Å². The SMILES string of the molecule is CC1(C(=O)O)CCCN1C(=O)c1csc(-c2ccc(Cl)cc2)n1. The Hall–Kier alpha value is -1.92. The van der Waals surface area contributed by atoms with Crippen molar-refractivity contribution in [3.05, 3.63) is 40.4 Å². The van der Waals surface area contributed by atoms with Crippen molar-refractivity contribution < 1.29 is 14.7 Å². The van der Waals surface area contributed by atoms with Crippen molar-refractivity contribution in [2.24, 2.45) is 0 Å². The second kappa shape index (κ2) is 5.94. The molecule has 0 aliphatic carbocycles. The number of carboxylic acid groups (broad SMARTS) is 1. The molecule has 2 heterocycles. The normalized spacial score (nSPS) is 20.7. The van der Waals surface area contributed by atoms with Crippen LogP contribution in [0.4, 0.5) is 0 Å². The molecule has 1 unspecified atom stereocenters. The van der Waals surface area contributed by atoms with Gasteiger partial charge in [-0.25, -0.2) is 9.78 Å². The van der Waals surface area contributed by atoms with E-state index in [1.807, 2.05) is 12.1 Å². The molecule has 1 N–H and O–H groups in total. The van der Waals surface area contributed by atoms with Gasteiger partial charge in [0.15, 0.2) is 0 Å². The van der Waals surface area contributed by atoms with E-state index in [4.69, 9.17) is 11.6 Å². The van der Waals surface area contributed by atoms with Crippen LogP contribution in [0.15, 0.2) is 29.6 Å². The van der Waals surface area contributed by atoms with Crippen molar-refractivity contribution in [2.45, 2.75) is 25.3 Å². The number of hydrogen-bond donors (Lipinski definition) is 1. The molecule has 0 spiro atoms. The van der Waals surface area contributed by atoms with Crippen LogP contribution in [0.25, 0.3) is 10.6 Å². The van der Waals surface area contributed by atoms with Gasteiger partial charge in [0.05, 0.1) is 0 Å². The molecule has 1 atom stereocenters. The van der Waals surface area contributed by atoms with Crippen LogP contribution in [0.5, 0.6) is 0 Å². The van der Waals surface area contributed by atoms with Gasteiger partial charge in [-0.3, -0.25) is 4.79 Å². The monoisotopic (exact) mass is 350 g/mol. The van der Waals surface area contributed by atoms with Gasteiger partial charge in [0.25, 0.3) is 5.91 Å². The Morgan fingerprint density at radius 2 is 2.04 bits per heavy atom. The Labute approximate surface area is 142 Å². The van der Waals surface area contributed by atoms with Gasteiger partial charge in [0.1, 0.15) is 16.2 Å². The number of carbonyl (C=O) groups excluding carboxylic acids is 1. The van der Waals surface area contributed by atoms with Crippen LogP contribution in [0, 0.1) is 0 Å². The van der Waals surface area contributed by atoms with E-state index in [9.17, 15) is 14.7 Å². The minimum absolute atomic E-state index is 0.286. The molecule has 1 aliphatic heterocycles. The highest BCUT2D eigenvalue weighted by molar-refractivity contribution is 7.13. The molecule has 1 amide bonds. The fourth-order valence-corrected chi connectivity index (χ4v) is 3.67. The summed E-state index contributed by atoms with van der Waals surface area (Å²) in [7, 11) is 0. The van der Waals surface area contributed by atoms with Crippen molar-refractivity contribution in [2.75, 3.05) is 6.54 Å². The highest BCUT2D eigenvalue weighted by atomic mass is 35.5. The first-order chi connectivity index (χ1) is 10.9. The van der Waals surface area contributed by atoms with Crippen LogP contribution in [0.2, 0.25) is 5.02 Å². The number of halogens is 1. The van der Waals surface area contributed by atoms with Gasteiger partial charge in [-0.1, -0.05) is 23.7 Å². The zero-order valence-corrected chi connectivity index (χ0v) is 14.0. The maximum atomic E-state index is 12.7. The lowest BCUT2D eigenvalue weighted by Gasteiger charge is -2.30. The van der Waals surface area contributed by atoms with E-state index < -0.39 is 11.5 Å². The second-order valence-corrected chi connectivity index (χ2v) is 6.98. The quantitative estimate of drug-likeness (QED) is 0.919. The molecule has 1 saturated heterocycles. The molecular formula is C16H15ClN2O3S. The van der Waals surface area contributed by atoms with E-state index in [2.05, 4.69) is 4.98 Å². The molecule has 23 heavy (non-hydrogen) atoms. The van der Waals surface area contributed by atoms with Crippen molar-refractivity contribution in [1.82, 2.24) is 9.88 Å². The number of hydrogen-bond acceptors (Lipinski definition) is 4. The third-order valence-corrected chi connectivity index (χ3v) is 5.30. The molecule has 5 nitrogen and oxygen atoms in total. The number of rotatable bonds is 3. The summed E-state index contributed by atoms with van der Waals surface area (Å²) in [6.07, 6.45) is 1.14. The standard InChI is InChI=1S/C16H15ClN2O3S/c1-16(15(21)22)7-2-8-19(16)14(20)12-9-23-13(18-12)10-3-5-11(17)6-4-10/h3-6,9H,2,7-8H2,1H3,(H,21,22). The molecule has 0 bridgehead atoms. The minimum atomic E-state index is -1.15. The van der Waals surface area contributed by atoms with Crippen LogP contribution in [-0.2, 0) is 4.79 Å². The van der Waals surface area contributed by atoms with Crippen molar-refractivity contribution >= 4 is 34.8 Å². The molecule has 2 aromatic rings. The number of amides is 1. The van der Waals surface area contributed by atoms with Gasteiger partial charge in [0.2, 0.25) is 0 Å². The van der Waals surface area contributed by atoms with Crippen LogP contribution in [-0.4, -0.2) is 39.0 Å². The summed E-state index contributed by atoms with van der Waals surface area (Å²) in [5.74, 6) is -1.31. The minimum Gasteiger partial charge on any atom is -0.480 e. The Bertz CT molecular complexity index is 759. The number of benzene rings is 1. The number of aromatic nitrogens is 1. The lowest BCUT2D eigenvalue weighted by Crippen LogP contribution is -2.50. The maximum Gasteiger partial charge on any atom is 0.329 e. The average Bonchev–Trinajstić information content (AvgIpc) is 3.15. The maximum absolute atomic E-state index is 12.7. The van der Waals surface area contributed by atoms with Gasteiger partial charge in [0, 0.05) is 22.5 Å². The number of thiazole rings is 1. The van der Waals surface area contributed by atoms with Crippen molar-refractivity contribution in [3.8, 4) is 10.6 Å². The fourth-order valence-electron chi connectivity index (χ4n) is 2.75. The summed E-state index contributed by atoms with van der Waals surface area (Å²) < 4.78 is 0. The number of aliphatic carboxylic acids is 1. The third-order valence-electron chi connectivity index (χ3n) is 4.16. The summed E-state index contributed by atoms with van der Waals surface area (Å²) in [6, 6.07) is 7.21. The van der Waals surface area contributed by atoms with E-state index in [-0.39, 0.29) is 11.6 Å². The molecule has 1 aromatic heterocycles. The Morgan fingerprint density at radius 1 is 1.35 bits per heavy atom. The molecule has 0 radical (unpaired) electrons. The summed E-state index contributed by atoms with van der Waals surface area (Å²) >= 11 is 7.22. The van der Waals surface area contributed by atoms with Gasteiger partial charge < -0.3 is 10.0 Å². The van der Waals surface area contributed by atoms with Gasteiger partial charge in [-0.2, -0.15) is 0 Å². The first-order valence-corrected chi connectivity index (χ1v) is 8.44. The summed E-state index contributed by atoms with van der Waals surface area (Å²) in [4.78, 5) is 29.9. The van der Waals surface area contributed by atoms with E-state index in [0.717, 1.165) is 5.56 Å². The largest absolute Gasteiger partial charge is 0.480 e. The van der Waals surface area contributed by atoms with Crippen LogP contribution in [0.1, 0.15) is 30.3 Å². The summed E-state index contributed by atoms with van der Waals surface area (Å²) in [5.41, 5.74) is 0.0106. The number of nitrogens with zero attached hydrogens (tertiary/aromatic N) is 2. The van der Waals surface area contributed by atoms with Crippen molar-refractivity contribution in [1.29, 1.82) is 0 Å². The van der Waals surface area contributed by atoms with Crippen LogP contribution >= 0.6 is 22.9 Å². The number of likely N-dealkylation sites (tertiary alicyclic amines) is 1. The number of carboxylic acids is 1. The fraction of sp³-hybridized carbons (Fsp3) is 0.312. The number of carbonyl (C=O) groups is 2. The molecule has 3 rings (SSSR count). The van der Waals surface area contributed by atoms with Crippen molar-refractivity contribution in [3.63, 3.8) is 0 Å². The Balaban J connectivity index is 1.87. The topological polar surface area (TPSA) is 70.5 Å². The highest BCUT2D eigenvalue weighted by Crippen LogP contribution is 2.32. The molecule has 120 valence electrons. The third kappa shape index (κ3) is 2.84. The molecule has 0 saturated carbocycles. The van der Waals surface area contributed by atoms with Gasteiger partial charge in [-0.15, -0.1) is 11.3 Å². The predicted octanol–water partition coefficient (Wildman–Crippen LogP) is 3.54. The smallest absolute Gasteiger partial charge is 0.329 e. The molecule has 1 aromatic carbocycles. The Kier molecular flexibility index (Phi) is 4.12. The van der Waals surface area contributed by atoms with E-state index >= 15 is 0 Å². The molecular weight excluding hydrogens is 336 g/mol. The highest BCUT2D eigenvalue weighted by Gasteiger charge is 2.46. The van der Waals surface area contributed by atoms with Crippen LogP contribution < -0.4 is 0 Å². The van der Waals surface area contributed by atoms with E-state index in [1.165, 1.54) is 16.2 Å². The average molecular weight is 351 g/mol. The summed E-state index contributed by atoms with van der Waals surface area (Å²) in [6.45, 7) is 2.03. The molecule has 1 aliphatic rings. The zero-order valence-electron chi connectivity index (χ0n) is 12.5. The molecule has 7 heteroatoms. The van der Waals surface area contributed by atoms with E-state index in [1.54, 1.807) is 24.4 Å². The molecule has 1 fully saturated rings. The zero-order chi connectivity index (χ0) is 16.6. The lowest BCUT2D eigenvalue weighted by molar-refractivity contribution is -0.147. The lowest BCUT2D eigenvalue weighted by atomic mass is 9.99. The predicted molar refractivity (Wildman–Crippen MR) is 88.9 cm³/mol. The first-order valence-electron chi connectivity index (χ1n) is 7.18. The second-order valence-electron chi connectivity index (χ2n) is 5.68. The first kappa shape index (κ1) is 16.0. The van der Waals surface area contributed by atoms with Gasteiger partial charge >= 0.3 is 5.97 Å².